The predicted octanol–water partition coefficient (Wildman–Crippen LogP) is 3.41. The first-order valence-corrected chi connectivity index (χ1v) is 5.23. The summed E-state index contributed by atoms with van der Waals surface area (Å²) in [7, 11) is 0. The van der Waals surface area contributed by atoms with Gasteiger partial charge in [0.25, 0.3) is 0 Å². The Morgan fingerprint density at radius 1 is 1.19 bits per heavy atom. The Balaban J connectivity index is 2.62. The lowest BCUT2D eigenvalue weighted by Gasteiger charge is -2.11. The lowest BCUT2D eigenvalue weighted by Crippen LogP contribution is -2.07. The van der Waals surface area contributed by atoms with Gasteiger partial charge in [-0.3, -0.25) is 0 Å². The van der Waals surface area contributed by atoms with Crippen LogP contribution in [0.4, 0.5) is 18.2 Å². The number of benzene rings is 1. The quantitative estimate of drug-likeness (QED) is 0.834. The second-order valence-corrected chi connectivity index (χ2v) is 3.99. The van der Waals surface area contributed by atoms with E-state index in [1.807, 2.05) is 0 Å². The monoisotopic (exact) mass is 244 g/mol. The minimum atomic E-state index is -4.40. The lowest BCUT2D eigenvalue weighted by atomic mass is 10.0. The van der Waals surface area contributed by atoms with Gasteiger partial charge in [-0.15, -0.1) is 11.3 Å². The van der Waals surface area contributed by atoms with E-state index in [0.717, 1.165) is 17.4 Å². The lowest BCUT2D eigenvalue weighted by molar-refractivity contribution is -0.137. The Bertz CT molecular complexity index is 505. The van der Waals surface area contributed by atoms with Crippen molar-refractivity contribution in [3.05, 3.63) is 35.3 Å². The zero-order valence-corrected chi connectivity index (χ0v) is 8.77. The number of nitrogen functional groups attached to an aromatic ring is 1. The molecule has 0 amide bonds. The number of hydrogen-bond acceptors (Lipinski definition) is 3. The summed E-state index contributed by atoms with van der Waals surface area (Å²) in [5.74, 6) is 0. The summed E-state index contributed by atoms with van der Waals surface area (Å²) in [5.41, 5.74) is 6.50. The number of rotatable bonds is 1. The highest BCUT2D eigenvalue weighted by atomic mass is 32.1. The number of nitrogens with zero attached hydrogens (tertiary/aromatic N) is 1. The summed E-state index contributed by atoms with van der Waals surface area (Å²) in [4.78, 5) is 3.85. The molecule has 0 saturated heterocycles. The fourth-order valence-electron chi connectivity index (χ4n) is 1.39. The van der Waals surface area contributed by atoms with Crippen molar-refractivity contribution in [2.24, 2.45) is 0 Å². The molecule has 1 aromatic carbocycles. The van der Waals surface area contributed by atoms with Crippen molar-refractivity contribution in [2.45, 2.75) is 6.18 Å². The van der Waals surface area contributed by atoms with Gasteiger partial charge in [0.1, 0.15) is 10.7 Å². The highest BCUT2D eigenvalue weighted by Crippen LogP contribution is 2.38. The Morgan fingerprint density at radius 3 is 2.44 bits per heavy atom. The average Bonchev–Trinajstić information content (AvgIpc) is 2.63. The summed E-state index contributed by atoms with van der Waals surface area (Å²) >= 11 is 1.12. The minimum absolute atomic E-state index is 0.0220. The SMILES string of the molecule is Nc1scnc1-c1ccccc1C(F)(F)F. The van der Waals surface area contributed by atoms with Crippen LogP contribution < -0.4 is 5.73 Å². The van der Waals surface area contributed by atoms with Crippen molar-refractivity contribution < 1.29 is 13.2 Å². The fourth-order valence-corrected chi connectivity index (χ4v) is 1.94. The Kier molecular flexibility index (Phi) is 2.59. The van der Waals surface area contributed by atoms with Gasteiger partial charge < -0.3 is 5.73 Å². The molecular weight excluding hydrogens is 237 g/mol. The molecule has 0 radical (unpaired) electrons. The molecule has 2 aromatic rings. The van der Waals surface area contributed by atoms with Crippen LogP contribution in [0.5, 0.6) is 0 Å². The Hall–Kier alpha value is -1.56. The molecule has 0 aliphatic carbocycles. The van der Waals surface area contributed by atoms with Crippen molar-refractivity contribution in [2.75, 3.05) is 5.73 Å². The normalized spacial score (nSPS) is 11.7. The predicted molar refractivity (Wildman–Crippen MR) is 57.0 cm³/mol. The van der Waals surface area contributed by atoms with Gasteiger partial charge in [0, 0.05) is 5.56 Å². The molecule has 0 bridgehead atoms. The van der Waals surface area contributed by atoms with E-state index >= 15 is 0 Å². The number of thiazole rings is 1. The molecule has 2 nitrogen and oxygen atoms in total. The van der Waals surface area contributed by atoms with Crippen LogP contribution in [0.25, 0.3) is 11.3 Å². The second kappa shape index (κ2) is 3.79. The fraction of sp³-hybridized carbons (Fsp3) is 0.100. The van der Waals surface area contributed by atoms with E-state index in [4.69, 9.17) is 5.73 Å². The molecule has 0 atom stereocenters. The summed E-state index contributed by atoms with van der Waals surface area (Å²) in [5, 5.41) is 0.289. The van der Waals surface area contributed by atoms with Gasteiger partial charge in [-0.2, -0.15) is 13.2 Å². The van der Waals surface area contributed by atoms with Crippen molar-refractivity contribution in [1.29, 1.82) is 0 Å². The number of alkyl halides is 3. The number of anilines is 1. The van der Waals surface area contributed by atoms with Crippen LogP contribution in [-0.4, -0.2) is 4.98 Å². The van der Waals surface area contributed by atoms with Crippen LogP contribution in [0.15, 0.2) is 29.8 Å². The molecule has 0 aliphatic heterocycles. The average molecular weight is 244 g/mol. The molecule has 84 valence electrons. The first-order chi connectivity index (χ1) is 7.50. The maximum Gasteiger partial charge on any atom is 0.417 e. The smallest absolute Gasteiger partial charge is 0.389 e. The van der Waals surface area contributed by atoms with Crippen LogP contribution in [0.3, 0.4) is 0 Å². The number of halogens is 3. The molecule has 16 heavy (non-hydrogen) atoms. The van der Waals surface area contributed by atoms with Gasteiger partial charge in [0.2, 0.25) is 0 Å². The Morgan fingerprint density at radius 2 is 1.88 bits per heavy atom. The van der Waals surface area contributed by atoms with E-state index in [1.165, 1.54) is 23.7 Å². The summed E-state index contributed by atoms with van der Waals surface area (Å²) in [6, 6.07) is 5.26. The third-order valence-electron chi connectivity index (χ3n) is 2.08. The van der Waals surface area contributed by atoms with E-state index < -0.39 is 11.7 Å². The van der Waals surface area contributed by atoms with Crippen molar-refractivity contribution in [3.63, 3.8) is 0 Å². The van der Waals surface area contributed by atoms with Crippen LogP contribution in [0.2, 0.25) is 0 Å². The van der Waals surface area contributed by atoms with Crippen LogP contribution in [-0.2, 0) is 6.18 Å². The highest BCUT2D eigenvalue weighted by Gasteiger charge is 2.34. The van der Waals surface area contributed by atoms with Crippen LogP contribution in [0, 0.1) is 0 Å². The van der Waals surface area contributed by atoms with E-state index in [2.05, 4.69) is 4.98 Å². The molecule has 0 fully saturated rings. The molecule has 6 heteroatoms. The van der Waals surface area contributed by atoms with Gasteiger partial charge in [-0.25, -0.2) is 4.98 Å². The Labute approximate surface area is 93.5 Å². The maximum atomic E-state index is 12.7. The molecule has 2 N–H and O–H groups in total. The van der Waals surface area contributed by atoms with E-state index in [0.29, 0.717) is 0 Å². The highest BCUT2D eigenvalue weighted by molar-refractivity contribution is 7.14. The molecule has 0 aliphatic rings. The van der Waals surface area contributed by atoms with Gasteiger partial charge in [0.05, 0.1) is 11.1 Å². The molecule has 0 saturated carbocycles. The van der Waals surface area contributed by atoms with Crippen molar-refractivity contribution in [3.8, 4) is 11.3 Å². The van der Waals surface area contributed by atoms with Crippen molar-refractivity contribution in [1.82, 2.24) is 4.98 Å². The van der Waals surface area contributed by atoms with E-state index in [-0.39, 0.29) is 16.3 Å². The molecular formula is C10H7F3N2S. The molecule has 0 spiro atoms. The zero-order valence-electron chi connectivity index (χ0n) is 7.95. The third-order valence-corrected chi connectivity index (χ3v) is 2.74. The van der Waals surface area contributed by atoms with Gasteiger partial charge in [-0.1, -0.05) is 18.2 Å². The minimum Gasteiger partial charge on any atom is -0.389 e. The molecule has 1 aromatic heterocycles. The topological polar surface area (TPSA) is 38.9 Å². The number of hydrogen-bond donors (Lipinski definition) is 1. The van der Waals surface area contributed by atoms with Crippen molar-refractivity contribution >= 4 is 16.3 Å². The maximum absolute atomic E-state index is 12.7. The van der Waals surface area contributed by atoms with E-state index in [1.54, 1.807) is 0 Å². The van der Waals surface area contributed by atoms with Gasteiger partial charge in [-0.05, 0) is 6.07 Å². The third kappa shape index (κ3) is 1.88. The summed E-state index contributed by atoms with van der Waals surface area (Å²) in [6.45, 7) is 0. The summed E-state index contributed by atoms with van der Waals surface area (Å²) in [6.07, 6.45) is -4.40. The number of nitrogens with two attached hydrogens (primary N) is 1. The van der Waals surface area contributed by atoms with E-state index in [9.17, 15) is 13.2 Å². The summed E-state index contributed by atoms with van der Waals surface area (Å²) < 4.78 is 38.1. The van der Waals surface area contributed by atoms with Gasteiger partial charge in [0.15, 0.2) is 0 Å². The largest absolute Gasteiger partial charge is 0.417 e. The first kappa shape index (κ1) is 10.9. The standard InChI is InChI=1S/C10H7F3N2S/c11-10(12,13)7-4-2-1-3-6(7)8-9(14)16-5-15-8/h1-5H,14H2. The molecule has 2 rings (SSSR count). The van der Waals surface area contributed by atoms with Crippen LogP contribution >= 0.6 is 11.3 Å². The second-order valence-electron chi connectivity index (χ2n) is 3.11. The molecule has 0 unspecified atom stereocenters. The molecule has 1 heterocycles. The first-order valence-electron chi connectivity index (χ1n) is 4.35. The van der Waals surface area contributed by atoms with Crippen LogP contribution in [0.1, 0.15) is 5.56 Å². The zero-order chi connectivity index (χ0) is 11.8. The van der Waals surface area contributed by atoms with Gasteiger partial charge >= 0.3 is 6.18 Å². The number of aromatic nitrogens is 1.